The van der Waals surface area contributed by atoms with Crippen LogP contribution in [0, 0.1) is 6.07 Å². The minimum absolute atomic E-state index is 1.50. The van der Waals surface area contributed by atoms with Crippen LogP contribution in [-0.2, 0) is 0 Å². The van der Waals surface area contributed by atoms with Crippen molar-refractivity contribution in [3.8, 4) is 0 Å². The molecule has 12 heavy (non-hydrogen) atoms. The average Bonchev–Trinajstić information content (AvgIpc) is 2.24. The highest BCUT2D eigenvalue weighted by Gasteiger charge is 1.60. The summed E-state index contributed by atoms with van der Waals surface area (Å²) in [6, 6.07) is 8.14. The van der Waals surface area contributed by atoms with E-state index in [-0.39, 0.29) is 0 Å². The summed E-state index contributed by atoms with van der Waals surface area (Å²) in [5.74, 6) is 0. The Hall–Kier alpha value is -1.77. The molecule has 3 nitrogen and oxygen atoms in total. The van der Waals surface area contributed by atoms with Crippen molar-refractivity contribution in [1.29, 1.82) is 0 Å². The summed E-state index contributed by atoms with van der Waals surface area (Å²) in [6.07, 6.45) is 8.26. The molecule has 0 N–H and O–H groups in total. The smallest absolute Gasteiger partial charge is 0.115 e. The molecule has 0 fully saturated rings. The predicted molar refractivity (Wildman–Crippen MR) is 45.1 cm³/mol. The summed E-state index contributed by atoms with van der Waals surface area (Å²) in [5, 5.41) is 0. The van der Waals surface area contributed by atoms with E-state index in [2.05, 4.69) is 21.0 Å². The summed E-state index contributed by atoms with van der Waals surface area (Å²) in [4.78, 5) is 11.1. The Bertz CT molecular complexity index is 185. The van der Waals surface area contributed by atoms with Gasteiger partial charge >= 0.3 is 0 Å². The van der Waals surface area contributed by atoms with E-state index in [9.17, 15) is 0 Å². The minimum Gasteiger partial charge on any atom is -0.265 e. The number of pyridine rings is 1. The highest BCUT2D eigenvalue weighted by Crippen LogP contribution is 1.72. The molecule has 0 aromatic carbocycles. The van der Waals surface area contributed by atoms with E-state index < -0.39 is 0 Å². The molecule has 0 aliphatic carbocycles. The van der Waals surface area contributed by atoms with E-state index >= 15 is 0 Å². The molecule has 0 aliphatic heterocycles. The third kappa shape index (κ3) is 4.11. The van der Waals surface area contributed by atoms with Crippen LogP contribution in [0.15, 0.2) is 49.3 Å². The van der Waals surface area contributed by atoms with Crippen molar-refractivity contribution in [2.24, 2.45) is 0 Å². The van der Waals surface area contributed by atoms with Gasteiger partial charge in [-0.05, 0) is 24.3 Å². The van der Waals surface area contributed by atoms with Gasteiger partial charge in [0.1, 0.15) is 6.33 Å². The highest BCUT2D eigenvalue weighted by molar-refractivity contribution is 4.85. The van der Waals surface area contributed by atoms with Crippen molar-refractivity contribution in [3.05, 3.63) is 55.4 Å². The number of nitrogens with zero attached hydrogens (tertiary/aromatic N) is 3. The molecule has 2 rings (SSSR count). The second kappa shape index (κ2) is 5.97. The lowest BCUT2D eigenvalue weighted by Gasteiger charge is -1.70. The second-order valence-electron chi connectivity index (χ2n) is 1.85. The van der Waals surface area contributed by atoms with Crippen LogP contribution < -0.4 is 0 Å². The number of aromatic nitrogens is 3. The Morgan fingerprint density at radius 3 is 1.58 bits per heavy atom. The molecule has 0 atom stereocenters. The van der Waals surface area contributed by atoms with Gasteiger partial charge in [0.05, 0.1) is 0 Å². The van der Waals surface area contributed by atoms with Crippen molar-refractivity contribution in [1.82, 2.24) is 15.0 Å². The maximum atomic E-state index is 3.75. The first-order valence-electron chi connectivity index (χ1n) is 3.46. The molecule has 2 heterocycles. The van der Waals surface area contributed by atoms with E-state index in [0.717, 1.165) is 0 Å². The summed E-state index contributed by atoms with van der Waals surface area (Å²) in [5.41, 5.74) is 0. The first kappa shape index (κ1) is 8.33. The number of hydrogen-bond acceptors (Lipinski definition) is 3. The number of rotatable bonds is 0. The minimum atomic E-state index is 1.50. The van der Waals surface area contributed by atoms with Crippen LogP contribution >= 0.6 is 0 Å². The molecule has 0 saturated heterocycles. The largest absolute Gasteiger partial charge is 0.265 e. The Labute approximate surface area is 71.2 Å². The molecule has 3 heteroatoms. The summed E-state index contributed by atoms with van der Waals surface area (Å²) in [7, 11) is 0. The molecule has 0 bridgehead atoms. The van der Waals surface area contributed by atoms with Gasteiger partial charge in [-0.25, -0.2) is 9.97 Å². The third-order valence-corrected chi connectivity index (χ3v) is 0.991. The monoisotopic (exact) mass is 158 g/mol. The zero-order chi connectivity index (χ0) is 8.49. The van der Waals surface area contributed by atoms with Gasteiger partial charge in [0, 0.05) is 24.8 Å². The lowest BCUT2D eigenvalue weighted by Crippen LogP contribution is -1.66. The van der Waals surface area contributed by atoms with Crippen molar-refractivity contribution in [3.63, 3.8) is 0 Å². The van der Waals surface area contributed by atoms with Crippen molar-refractivity contribution in [2.75, 3.05) is 0 Å². The Morgan fingerprint density at radius 1 is 0.750 bits per heavy atom. The van der Waals surface area contributed by atoms with E-state index in [1.54, 1.807) is 43.0 Å². The maximum Gasteiger partial charge on any atom is 0.115 e. The van der Waals surface area contributed by atoms with Gasteiger partial charge in [-0.1, -0.05) is 0 Å². The van der Waals surface area contributed by atoms with Crippen LogP contribution in [0.2, 0.25) is 0 Å². The van der Waals surface area contributed by atoms with Crippen molar-refractivity contribution < 1.29 is 0 Å². The summed E-state index contributed by atoms with van der Waals surface area (Å²) >= 11 is 0. The van der Waals surface area contributed by atoms with Crippen LogP contribution in [0.3, 0.4) is 0 Å². The molecule has 0 saturated carbocycles. The first-order chi connectivity index (χ1) is 6.00. The highest BCUT2D eigenvalue weighted by atomic mass is 14.8. The SMILES string of the molecule is [c]1ccncc1.c1cncnc1. The first-order valence-corrected chi connectivity index (χ1v) is 3.46. The zero-order valence-corrected chi connectivity index (χ0v) is 6.46. The average molecular weight is 158 g/mol. The van der Waals surface area contributed by atoms with Crippen LogP contribution in [-0.4, -0.2) is 15.0 Å². The lowest BCUT2D eigenvalue weighted by molar-refractivity contribution is 1.17. The predicted octanol–water partition coefficient (Wildman–Crippen LogP) is 1.36. The van der Waals surface area contributed by atoms with Crippen molar-refractivity contribution in [2.45, 2.75) is 0 Å². The van der Waals surface area contributed by atoms with Crippen molar-refractivity contribution >= 4 is 0 Å². The van der Waals surface area contributed by atoms with E-state index in [4.69, 9.17) is 0 Å². The van der Waals surface area contributed by atoms with Gasteiger partial charge in [-0.15, -0.1) is 0 Å². The Kier molecular flexibility index (Phi) is 4.15. The summed E-state index contributed by atoms with van der Waals surface area (Å²) < 4.78 is 0. The fourth-order valence-electron chi connectivity index (χ4n) is 0.531. The van der Waals surface area contributed by atoms with Gasteiger partial charge < -0.3 is 0 Å². The van der Waals surface area contributed by atoms with E-state index in [0.29, 0.717) is 0 Å². The van der Waals surface area contributed by atoms with Gasteiger partial charge in [0.2, 0.25) is 0 Å². The standard InChI is InChI=1S/C5H4N.C4H4N2/c1-2-4-6-5-3-1;1-2-5-4-6-3-1/h2-5H;1-4H. The molecule has 2 aromatic heterocycles. The molecule has 2 aromatic rings. The van der Waals surface area contributed by atoms with Crippen LogP contribution in [0.1, 0.15) is 0 Å². The second-order valence-corrected chi connectivity index (χ2v) is 1.85. The van der Waals surface area contributed by atoms with Gasteiger partial charge in [-0.2, -0.15) is 0 Å². The van der Waals surface area contributed by atoms with Gasteiger partial charge in [-0.3, -0.25) is 4.98 Å². The molecular weight excluding hydrogens is 150 g/mol. The Morgan fingerprint density at radius 2 is 1.42 bits per heavy atom. The third-order valence-electron chi connectivity index (χ3n) is 0.991. The number of hydrogen-bond donors (Lipinski definition) is 0. The fraction of sp³-hybridized carbons (Fsp3) is 0. The maximum absolute atomic E-state index is 3.75. The van der Waals surface area contributed by atoms with Gasteiger partial charge in [0.15, 0.2) is 0 Å². The van der Waals surface area contributed by atoms with Crippen LogP contribution in [0.25, 0.3) is 0 Å². The molecule has 0 amide bonds. The zero-order valence-electron chi connectivity index (χ0n) is 6.46. The molecule has 59 valence electrons. The van der Waals surface area contributed by atoms with Crippen LogP contribution in [0.5, 0.6) is 0 Å². The van der Waals surface area contributed by atoms with Crippen LogP contribution in [0.4, 0.5) is 0 Å². The normalized spacial score (nSPS) is 8.00. The molecule has 0 unspecified atom stereocenters. The topological polar surface area (TPSA) is 38.7 Å². The summed E-state index contributed by atoms with van der Waals surface area (Å²) in [6.45, 7) is 0. The molecule has 1 radical (unpaired) electrons. The van der Waals surface area contributed by atoms with Gasteiger partial charge in [0.25, 0.3) is 0 Å². The van der Waals surface area contributed by atoms with E-state index in [1.165, 1.54) is 6.33 Å². The lowest BCUT2D eigenvalue weighted by atomic mass is 10.5. The van der Waals surface area contributed by atoms with E-state index in [1.807, 2.05) is 0 Å². The Balaban J connectivity index is 0.000000120. The quantitative estimate of drug-likeness (QED) is 0.581. The molecular formula is C9H8N3. The fourth-order valence-corrected chi connectivity index (χ4v) is 0.531. The molecule has 0 spiro atoms. The molecule has 0 aliphatic rings.